The third kappa shape index (κ3) is 14.4. The molecule has 0 saturated carbocycles. The Kier molecular flexibility index (Phi) is 20.4. The summed E-state index contributed by atoms with van der Waals surface area (Å²) in [6, 6.07) is 16.3. The summed E-state index contributed by atoms with van der Waals surface area (Å²) in [6.07, 6.45) is -3.60. The Morgan fingerprint density at radius 3 is 2.14 bits per heavy atom. The summed E-state index contributed by atoms with van der Waals surface area (Å²) in [7, 11) is 6.45. The van der Waals surface area contributed by atoms with E-state index in [0.29, 0.717) is 36.4 Å². The molecule has 0 unspecified atom stereocenters. The highest BCUT2D eigenvalue weighted by Gasteiger charge is 2.48. The van der Waals surface area contributed by atoms with Crippen LogP contribution in [0.4, 0.5) is 0 Å². The lowest BCUT2D eigenvalue weighted by Crippen LogP contribution is -2.63. The Labute approximate surface area is 417 Å². The molecule has 392 valence electrons. The summed E-state index contributed by atoms with van der Waals surface area (Å²) in [5, 5.41) is 54.5. The predicted molar refractivity (Wildman–Crippen MR) is 262 cm³/mol. The van der Waals surface area contributed by atoms with Crippen molar-refractivity contribution in [3.05, 3.63) is 84.6 Å². The number of esters is 1. The second kappa shape index (κ2) is 26.0. The number of hydrogen-bond donors (Lipinski definition) is 4. The van der Waals surface area contributed by atoms with Gasteiger partial charge >= 0.3 is 5.97 Å². The molecular formula is C53H76N4O14. The van der Waals surface area contributed by atoms with Crippen LogP contribution in [0.15, 0.2) is 84.6 Å². The zero-order valence-electron chi connectivity index (χ0n) is 42.7. The third-order valence-corrected chi connectivity index (χ3v) is 14.1. The van der Waals surface area contributed by atoms with Crippen LogP contribution in [0.3, 0.4) is 0 Å². The van der Waals surface area contributed by atoms with E-state index in [2.05, 4.69) is 10.3 Å². The molecule has 2 saturated heterocycles. The van der Waals surface area contributed by atoms with Gasteiger partial charge in [-0.3, -0.25) is 14.3 Å². The first-order valence-electron chi connectivity index (χ1n) is 24.8. The number of nitrogens with zero attached hydrogens (tertiary/aromatic N) is 4. The fourth-order valence-electron chi connectivity index (χ4n) is 9.84. The van der Waals surface area contributed by atoms with Crippen LogP contribution in [-0.4, -0.2) is 167 Å². The number of carbonyl (C=O) groups excluding carboxylic acids is 2. The number of aryl methyl sites for hydroxylation is 1. The highest BCUT2D eigenvalue weighted by Crippen LogP contribution is 2.36. The fraction of sp³-hybridized carbons (Fsp3) is 0.623. The van der Waals surface area contributed by atoms with Crippen LogP contribution in [0.5, 0.6) is 11.5 Å². The number of aromatic nitrogens is 3. The number of rotatable bonds is 15. The van der Waals surface area contributed by atoms with Gasteiger partial charge < -0.3 is 63.2 Å². The van der Waals surface area contributed by atoms with E-state index in [0.717, 1.165) is 11.3 Å². The largest absolute Gasteiger partial charge is 0.462 e. The maximum absolute atomic E-state index is 14.1. The average molecular weight is 993 g/mol. The average Bonchev–Trinajstić information content (AvgIpc) is 3.83. The highest BCUT2D eigenvalue weighted by atomic mass is 16.7. The molecule has 3 aliphatic heterocycles. The Balaban J connectivity index is 1.28. The van der Waals surface area contributed by atoms with Crippen molar-refractivity contribution < 1.29 is 67.9 Å². The van der Waals surface area contributed by atoms with Crippen LogP contribution in [0.25, 0.3) is 11.3 Å². The van der Waals surface area contributed by atoms with Crippen LogP contribution in [0.1, 0.15) is 67.2 Å². The normalized spacial score (nSPS) is 35.9. The number of aliphatic hydroxyl groups is 4. The lowest BCUT2D eigenvalue weighted by atomic mass is 9.79. The molecule has 4 N–H and O–H groups in total. The zero-order chi connectivity index (χ0) is 51.5. The molecule has 18 heteroatoms. The Bertz CT molecular complexity index is 2190. The second-order valence-corrected chi connectivity index (χ2v) is 19.5. The van der Waals surface area contributed by atoms with Gasteiger partial charge in [0.2, 0.25) is 0 Å². The minimum absolute atomic E-state index is 0.00960. The molecule has 0 amide bonds. The summed E-state index contributed by atoms with van der Waals surface area (Å²) >= 11 is 0. The molecule has 3 aliphatic rings. The van der Waals surface area contributed by atoms with Gasteiger partial charge in [-0.15, -0.1) is 5.10 Å². The topological polar surface area (TPSA) is 223 Å². The van der Waals surface area contributed by atoms with Gasteiger partial charge in [0.1, 0.15) is 47.7 Å². The van der Waals surface area contributed by atoms with Crippen molar-refractivity contribution >= 4 is 11.8 Å². The number of aliphatic hydroxyl groups excluding tert-OH is 4. The van der Waals surface area contributed by atoms with Crippen molar-refractivity contribution in [1.29, 1.82) is 0 Å². The highest BCUT2D eigenvalue weighted by molar-refractivity contribution is 5.91. The van der Waals surface area contributed by atoms with Crippen LogP contribution >= 0.6 is 0 Å². The molecule has 18 nitrogen and oxygen atoms in total. The van der Waals surface area contributed by atoms with Crippen molar-refractivity contribution in [2.24, 2.45) is 23.7 Å². The van der Waals surface area contributed by atoms with E-state index in [1.807, 2.05) is 87.6 Å². The second-order valence-electron chi connectivity index (χ2n) is 19.5. The molecule has 6 rings (SSSR count). The summed E-state index contributed by atoms with van der Waals surface area (Å²) in [5.74, 6) is -1.74. The van der Waals surface area contributed by atoms with Gasteiger partial charge in [0.25, 0.3) is 0 Å². The van der Waals surface area contributed by atoms with Gasteiger partial charge in [-0.05, 0) is 103 Å². The van der Waals surface area contributed by atoms with Gasteiger partial charge in [-0.2, -0.15) is 0 Å². The Morgan fingerprint density at radius 1 is 0.817 bits per heavy atom. The fourth-order valence-corrected chi connectivity index (χ4v) is 9.84. The van der Waals surface area contributed by atoms with Gasteiger partial charge in [-0.1, -0.05) is 61.9 Å². The van der Waals surface area contributed by atoms with E-state index in [4.69, 9.17) is 37.9 Å². The van der Waals surface area contributed by atoms with E-state index < -0.39 is 116 Å². The first-order valence-corrected chi connectivity index (χ1v) is 24.8. The van der Waals surface area contributed by atoms with E-state index in [1.165, 1.54) is 20.3 Å². The van der Waals surface area contributed by atoms with Crippen LogP contribution in [0.2, 0.25) is 0 Å². The monoisotopic (exact) mass is 993 g/mol. The molecule has 0 spiro atoms. The van der Waals surface area contributed by atoms with Crippen molar-refractivity contribution in [3.8, 4) is 22.8 Å². The van der Waals surface area contributed by atoms with Gasteiger partial charge in [0.15, 0.2) is 18.4 Å². The van der Waals surface area contributed by atoms with Crippen LogP contribution in [-0.2, 0) is 49.3 Å². The molecule has 0 bridgehead atoms. The van der Waals surface area contributed by atoms with Gasteiger partial charge in [0, 0.05) is 44.1 Å². The first kappa shape index (κ1) is 55.9. The maximum atomic E-state index is 14.1. The van der Waals surface area contributed by atoms with Gasteiger partial charge in [-0.25, -0.2) is 0 Å². The predicted octanol–water partition coefficient (Wildman–Crippen LogP) is 5.11. The number of likely N-dealkylation sites (N-methyl/N-ethyl adjacent to an activating group) is 1. The molecule has 0 aliphatic carbocycles. The van der Waals surface area contributed by atoms with E-state index in [-0.39, 0.29) is 18.8 Å². The number of benzene rings is 2. The Hall–Kier alpha value is -4.44. The van der Waals surface area contributed by atoms with Crippen molar-refractivity contribution in [3.63, 3.8) is 0 Å². The molecule has 17 atom stereocenters. The summed E-state index contributed by atoms with van der Waals surface area (Å²) in [5.41, 5.74) is 2.18. The lowest BCUT2D eigenvalue weighted by molar-refractivity contribution is -0.304. The summed E-state index contributed by atoms with van der Waals surface area (Å²) < 4.78 is 50.4. The van der Waals surface area contributed by atoms with Crippen molar-refractivity contribution in [2.75, 3.05) is 34.9 Å². The van der Waals surface area contributed by atoms with E-state index in [9.17, 15) is 30.0 Å². The smallest absolute Gasteiger partial charge is 0.308 e. The van der Waals surface area contributed by atoms with Gasteiger partial charge in [0.05, 0.1) is 55.8 Å². The lowest BCUT2D eigenvalue weighted by Gasteiger charge is -2.46. The molecule has 3 aromatic rings. The minimum Gasteiger partial charge on any atom is -0.462 e. The number of methoxy groups -OCH3 is 2. The number of ketones is 1. The number of cyclic esters (lactones) is 1. The quantitative estimate of drug-likeness (QED) is 0.145. The number of para-hydroxylation sites is 1. The first-order chi connectivity index (χ1) is 33.9. The van der Waals surface area contributed by atoms with Crippen molar-refractivity contribution in [1.82, 2.24) is 19.9 Å². The van der Waals surface area contributed by atoms with Crippen LogP contribution in [0, 0.1) is 23.7 Å². The van der Waals surface area contributed by atoms with E-state index in [1.54, 1.807) is 50.5 Å². The van der Waals surface area contributed by atoms with E-state index >= 15 is 0 Å². The molecular weight excluding hydrogens is 917 g/mol. The standard InChI is InChI=1S/C53H76N4O14/c1-11-43-37(29-66-53-51(65-10)50(64-9)47(62)34(6)68-53)25-30(2)17-22-41(58)31(3)26-36(23-24-57-28-40(54-55-57)35-18-20-39(21-19-35)69-38-15-13-12-14-16-38)49(32(4)42(59)27-44(60)70-43)71-52-48(63)45(56(7)8)46(61)33(5)67-52/h12-22,25,28,31-34,36-37,42-43,45-53,59,61-63H,11,23-24,26-27,29H2,1-10H3/b22-17+,30-25+/t31-,32+,33-,34-,36+,37-,42-,43-,45+,46-,47-,48-,49-,50-,51-,52+,53-/m1/s1. The third-order valence-electron chi connectivity index (χ3n) is 14.1. The summed E-state index contributed by atoms with van der Waals surface area (Å²) in [6.45, 7) is 11.1. The molecule has 0 radical (unpaired) electrons. The molecule has 1 aromatic heterocycles. The molecule has 4 heterocycles. The molecule has 2 fully saturated rings. The number of hydrogen-bond acceptors (Lipinski definition) is 17. The molecule has 2 aromatic carbocycles. The number of ether oxygens (including phenoxy) is 8. The zero-order valence-corrected chi connectivity index (χ0v) is 42.7. The number of carbonyl (C=O) groups is 2. The SMILES string of the molecule is CC[C@H]1OC(=O)C[C@@H](O)[C@H](C)[C@@H](O[C@@H]2O[C@H](C)[C@@H](O)[C@H](N(C)C)[C@H]2O)[C@@H](CCn2cc(-c3ccc(Oc4ccccc4)cc3)nn2)C[C@@H](C)C(=O)/C=C/C(C)=C/[C@@H]1CO[C@@H]1O[C@H](C)[C@@H](O)[C@@H](OC)[C@H]1OC. The summed E-state index contributed by atoms with van der Waals surface area (Å²) in [4.78, 5) is 29.8. The maximum Gasteiger partial charge on any atom is 0.308 e. The van der Waals surface area contributed by atoms with Crippen molar-refractivity contribution in [2.45, 2.75) is 153 Å². The number of allylic oxidation sites excluding steroid dienone is 3. The Morgan fingerprint density at radius 2 is 1.48 bits per heavy atom. The van der Waals surface area contributed by atoms with Crippen LogP contribution < -0.4 is 4.74 Å². The minimum atomic E-state index is -1.31. The molecule has 71 heavy (non-hydrogen) atoms.